The molecule has 0 spiro atoms. The van der Waals surface area contributed by atoms with E-state index < -0.39 is 10.8 Å². The highest BCUT2D eigenvalue weighted by Crippen LogP contribution is 2.27. The molecule has 1 heterocycles. The van der Waals surface area contributed by atoms with Gasteiger partial charge in [-0.25, -0.2) is 0 Å². The molecule has 1 amide bonds. The van der Waals surface area contributed by atoms with Crippen LogP contribution >= 0.6 is 11.6 Å². The number of hydrogen-bond donors (Lipinski definition) is 1. The van der Waals surface area contributed by atoms with E-state index in [2.05, 4.69) is 20.7 Å². The SMILES string of the molecule is O=C(Cn1nnc(-c2ccccc2)n1)Nc1cc(Cl)ccc1[N+](=O)[O-]. The van der Waals surface area contributed by atoms with Crippen molar-refractivity contribution in [3.05, 3.63) is 63.7 Å². The van der Waals surface area contributed by atoms with E-state index in [1.807, 2.05) is 30.3 Å². The molecule has 0 aliphatic carbocycles. The zero-order chi connectivity index (χ0) is 17.8. The number of halogens is 1. The Balaban J connectivity index is 1.73. The minimum atomic E-state index is -0.604. The number of aromatic nitrogens is 4. The number of nitrogens with one attached hydrogen (secondary N) is 1. The summed E-state index contributed by atoms with van der Waals surface area (Å²) in [5.74, 6) is -0.162. The van der Waals surface area contributed by atoms with Crippen molar-refractivity contribution in [2.45, 2.75) is 6.54 Å². The Morgan fingerprint density at radius 2 is 2.00 bits per heavy atom. The van der Waals surface area contributed by atoms with Gasteiger partial charge in [0, 0.05) is 16.7 Å². The van der Waals surface area contributed by atoms with E-state index in [9.17, 15) is 14.9 Å². The zero-order valence-electron chi connectivity index (χ0n) is 12.7. The number of hydrogen-bond acceptors (Lipinski definition) is 6. The van der Waals surface area contributed by atoms with Crippen molar-refractivity contribution < 1.29 is 9.72 Å². The Hall–Kier alpha value is -3.33. The first-order valence-electron chi connectivity index (χ1n) is 7.10. The van der Waals surface area contributed by atoms with Crippen molar-refractivity contribution in [3.8, 4) is 11.4 Å². The standard InChI is InChI=1S/C15H11ClN6O3/c16-11-6-7-13(22(24)25)12(8-11)17-14(23)9-21-19-15(18-20-21)10-4-2-1-3-5-10/h1-8H,9H2,(H,17,23). The van der Waals surface area contributed by atoms with Gasteiger partial charge in [-0.05, 0) is 17.3 Å². The summed E-state index contributed by atoms with van der Waals surface area (Å²) in [6, 6.07) is 13.1. The molecular weight excluding hydrogens is 348 g/mol. The minimum absolute atomic E-state index is 0.00546. The first-order valence-corrected chi connectivity index (χ1v) is 7.48. The average molecular weight is 359 g/mol. The summed E-state index contributed by atoms with van der Waals surface area (Å²) < 4.78 is 0. The summed E-state index contributed by atoms with van der Waals surface area (Å²) in [6.07, 6.45) is 0. The maximum Gasteiger partial charge on any atom is 0.292 e. The highest BCUT2D eigenvalue weighted by molar-refractivity contribution is 6.31. The van der Waals surface area contributed by atoms with Gasteiger partial charge >= 0.3 is 0 Å². The van der Waals surface area contributed by atoms with Gasteiger partial charge in [-0.3, -0.25) is 14.9 Å². The fourth-order valence-electron chi connectivity index (χ4n) is 2.10. The first-order chi connectivity index (χ1) is 12.0. The number of nitro benzene ring substituents is 1. The third kappa shape index (κ3) is 3.96. The van der Waals surface area contributed by atoms with Crippen LogP contribution in [0.15, 0.2) is 48.5 Å². The quantitative estimate of drug-likeness (QED) is 0.553. The smallest absolute Gasteiger partial charge is 0.292 e. The van der Waals surface area contributed by atoms with Crippen LogP contribution in [0.1, 0.15) is 0 Å². The number of tetrazole rings is 1. The van der Waals surface area contributed by atoms with Gasteiger partial charge in [0.25, 0.3) is 5.69 Å². The predicted molar refractivity (Wildman–Crippen MR) is 90.0 cm³/mol. The number of benzene rings is 2. The lowest BCUT2D eigenvalue weighted by atomic mass is 10.2. The van der Waals surface area contributed by atoms with E-state index in [1.165, 1.54) is 18.2 Å². The zero-order valence-corrected chi connectivity index (χ0v) is 13.4. The van der Waals surface area contributed by atoms with E-state index in [0.717, 1.165) is 10.4 Å². The molecule has 10 heteroatoms. The molecule has 0 aliphatic rings. The maximum absolute atomic E-state index is 12.1. The average Bonchev–Trinajstić information content (AvgIpc) is 3.03. The lowest BCUT2D eigenvalue weighted by Crippen LogP contribution is -2.21. The number of nitrogens with zero attached hydrogens (tertiary/aromatic N) is 5. The fraction of sp³-hybridized carbons (Fsp3) is 0.0667. The molecule has 126 valence electrons. The second-order valence-corrected chi connectivity index (χ2v) is 5.41. The monoisotopic (exact) mass is 358 g/mol. The van der Waals surface area contributed by atoms with Crippen molar-refractivity contribution >= 4 is 28.9 Å². The summed E-state index contributed by atoms with van der Waals surface area (Å²) in [4.78, 5) is 23.6. The van der Waals surface area contributed by atoms with Gasteiger partial charge < -0.3 is 5.32 Å². The molecule has 3 aromatic rings. The van der Waals surface area contributed by atoms with Gasteiger partial charge in [0.2, 0.25) is 11.7 Å². The largest absolute Gasteiger partial charge is 0.319 e. The molecule has 1 aromatic heterocycles. The van der Waals surface area contributed by atoms with Crippen molar-refractivity contribution in [3.63, 3.8) is 0 Å². The predicted octanol–water partition coefficient (Wildman–Crippen LogP) is 2.54. The Morgan fingerprint density at radius 1 is 1.24 bits per heavy atom. The Labute approximate surface area is 146 Å². The number of carbonyl (C=O) groups excluding carboxylic acids is 1. The molecule has 0 radical (unpaired) electrons. The van der Waals surface area contributed by atoms with Crippen molar-refractivity contribution in [2.24, 2.45) is 0 Å². The van der Waals surface area contributed by atoms with Crippen LogP contribution in [0.25, 0.3) is 11.4 Å². The molecule has 0 saturated carbocycles. The molecule has 0 fully saturated rings. The number of carbonyl (C=O) groups is 1. The molecule has 25 heavy (non-hydrogen) atoms. The topological polar surface area (TPSA) is 116 Å². The van der Waals surface area contributed by atoms with Crippen molar-refractivity contribution in [2.75, 3.05) is 5.32 Å². The maximum atomic E-state index is 12.1. The van der Waals surface area contributed by atoms with Crippen LogP contribution in [-0.2, 0) is 11.3 Å². The summed E-state index contributed by atoms with van der Waals surface area (Å²) in [7, 11) is 0. The van der Waals surface area contributed by atoms with E-state index in [1.54, 1.807) is 0 Å². The second kappa shape index (κ2) is 7.05. The molecule has 9 nitrogen and oxygen atoms in total. The number of amides is 1. The summed E-state index contributed by atoms with van der Waals surface area (Å²) in [6.45, 7) is -0.247. The lowest BCUT2D eigenvalue weighted by Gasteiger charge is -2.05. The highest BCUT2D eigenvalue weighted by Gasteiger charge is 2.17. The summed E-state index contributed by atoms with van der Waals surface area (Å²) in [5, 5.41) is 25.5. The molecular formula is C15H11ClN6O3. The van der Waals surface area contributed by atoms with Gasteiger partial charge in [-0.15, -0.1) is 10.2 Å². The third-order valence-corrected chi connectivity index (χ3v) is 3.43. The minimum Gasteiger partial charge on any atom is -0.319 e. The number of nitro groups is 1. The molecule has 0 bridgehead atoms. The summed E-state index contributed by atoms with van der Waals surface area (Å²) >= 11 is 5.82. The van der Waals surface area contributed by atoms with Gasteiger partial charge in [-0.2, -0.15) is 4.80 Å². The van der Waals surface area contributed by atoms with Crippen LogP contribution in [0, 0.1) is 10.1 Å². The van der Waals surface area contributed by atoms with Crippen LogP contribution < -0.4 is 5.32 Å². The van der Waals surface area contributed by atoms with E-state index in [0.29, 0.717) is 5.82 Å². The van der Waals surface area contributed by atoms with E-state index in [-0.39, 0.29) is 22.9 Å². The highest BCUT2D eigenvalue weighted by atomic mass is 35.5. The molecule has 0 unspecified atom stereocenters. The molecule has 0 aliphatic heterocycles. The normalized spacial score (nSPS) is 10.4. The lowest BCUT2D eigenvalue weighted by molar-refractivity contribution is -0.383. The third-order valence-electron chi connectivity index (χ3n) is 3.20. The molecule has 3 rings (SSSR count). The number of rotatable bonds is 5. The summed E-state index contributed by atoms with van der Waals surface area (Å²) in [5.41, 5.74) is 0.514. The van der Waals surface area contributed by atoms with Crippen LogP contribution in [0.2, 0.25) is 5.02 Å². The van der Waals surface area contributed by atoms with Crippen LogP contribution in [-0.4, -0.2) is 31.0 Å². The fourth-order valence-corrected chi connectivity index (χ4v) is 2.27. The molecule has 1 N–H and O–H groups in total. The van der Waals surface area contributed by atoms with E-state index >= 15 is 0 Å². The molecule has 2 aromatic carbocycles. The van der Waals surface area contributed by atoms with E-state index in [4.69, 9.17) is 11.6 Å². The Kier molecular flexibility index (Phi) is 4.66. The molecule has 0 saturated heterocycles. The van der Waals surface area contributed by atoms with Gasteiger partial charge in [0.05, 0.1) is 4.92 Å². The Morgan fingerprint density at radius 3 is 2.72 bits per heavy atom. The first kappa shape index (κ1) is 16.5. The second-order valence-electron chi connectivity index (χ2n) is 4.98. The van der Waals surface area contributed by atoms with Crippen LogP contribution in [0.3, 0.4) is 0 Å². The van der Waals surface area contributed by atoms with Crippen molar-refractivity contribution in [1.82, 2.24) is 20.2 Å². The number of anilines is 1. The van der Waals surface area contributed by atoms with Crippen molar-refractivity contribution in [1.29, 1.82) is 0 Å². The van der Waals surface area contributed by atoms with Gasteiger partial charge in [-0.1, -0.05) is 41.9 Å². The Bertz CT molecular complexity index is 928. The van der Waals surface area contributed by atoms with Crippen LogP contribution in [0.5, 0.6) is 0 Å². The van der Waals surface area contributed by atoms with Crippen LogP contribution in [0.4, 0.5) is 11.4 Å². The van der Waals surface area contributed by atoms with Gasteiger partial charge in [0.15, 0.2) is 0 Å². The van der Waals surface area contributed by atoms with Gasteiger partial charge in [0.1, 0.15) is 12.2 Å². The molecule has 0 atom stereocenters.